The summed E-state index contributed by atoms with van der Waals surface area (Å²) in [4.78, 5) is 25.5. The van der Waals surface area contributed by atoms with Crippen LogP contribution < -0.4 is 5.32 Å². The third-order valence-electron chi connectivity index (χ3n) is 3.75. The second kappa shape index (κ2) is 7.20. The first-order valence-electron chi connectivity index (χ1n) is 7.39. The van der Waals surface area contributed by atoms with Gasteiger partial charge < -0.3 is 10.2 Å². The number of hydrogen-bond donors (Lipinski definition) is 1. The highest BCUT2D eigenvalue weighted by Gasteiger charge is 2.20. The molecule has 4 nitrogen and oxygen atoms in total. The maximum atomic E-state index is 12.9. The van der Waals surface area contributed by atoms with Crippen LogP contribution in [-0.2, 0) is 9.59 Å². The van der Waals surface area contributed by atoms with E-state index in [9.17, 15) is 14.0 Å². The molecule has 2 amide bonds. The molecule has 0 aliphatic carbocycles. The smallest absolute Gasteiger partial charge is 0.240 e. The number of amides is 2. The zero-order valence-electron chi connectivity index (χ0n) is 12.3. The van der Waals surface area contributed by atoms with E-state index in [-0.39, 0.29) is 30.2 Å². The van der Waals surface area contributed by atoms with Crippen LogP contribution in [0.5, 0.6) is 0 Å². The van der Waals surface area contributed by atoms with Crippen LogP contribution in [-0.4, -0.2) is 29.8 Å². The predicted molar refractivity (Wildman–Crippen MR) is 78.0 cm³/mol. The van der Waals surface area contributed by atoms with Crippen LogP contribution in [0.1, 0.15) is 44.2 Å². The van der Waals surface area contributed by atoms with Gasteiger partial charge in [-0.15, -0.1) is 0 Å². The van der Waals surface area contributed by atoms with Crippen LogP contribution in [0.15, 0.2) is 24.3 Å². The maximum Gasteiger partial charge on any atom is 0.240 e. The number of hydrogen-bond acceptors (Lipinski definition) is 2. The molecule has 1 heterocycles. The molecule has 1 aromatic carbocycles. The summed E-state index contributed by atoms with van der Waals surface area (Å²) >= 11 is 0. The Morgan fingerprint density at radius 2 is 2.00 bits per heavy atom. The Bertz CT molecular complexity index is 502. The van der Waals surface area contributed by atoms with E-state index in [0.717, 1.165) is 24.8 Å². The van der Waals surface area contributed by atoms with Crippen molar-refractivity contribution < 1.29 is 14.0 Å². The molecule has 1 aliphatic heterocycles. The van der Waals surface area contributed by atoms with Crippen molar-refractivity contribution >= 4 is 11.8 Å². The van der Waals surface area contributed by atoms with Crippen molar-refractivity contribution in [2.45, 2.75) is 38.6 Å². The monoisotopic (exact) mass is 292 g/mol. The number of benzene rings is 1. The first-order valence-corrected chi connectivity index (χ1v) is 7.39. The van der Waals surface area contributed by atoms with Crippen molar-refractivity contribution in [3.8, 4) is 0 Å². The molecule has 1 N–H and O–H groups in total. The second-order valence-electron chi connectivity index (χ2n) is 5.47. The largest absolute Gasteiger partial charge is 0.348 e. The second-order valence-corrected chi connectivity index (χ2v) is 5.47. The number of nitrogens with one attached hydrogen (secondary N) is 1. The number of carbonyl (C=O) groups is 2. The van der Waals surface area contributed by atoms with Gasteiger partial charge in [0.15, 0.2) is 0 Å². The van der Waals surface area contributed by atoms with Gasteiger partial charge in [-0.2, -0.15) is 0 Å². The normalized spacial score (nSPS) is 17.2. The van der Waals surface area contributed by atoms with E-state index >= 15 is 0 Å². The standard InChI is InChI=1S/C16H21FN2O2/c1-12(13-6-8-14(17)9-7-13)18-15(20)11-19-10-4-2-3-5-16(19)21/h6-9,12H,2-5,10-11H2,1H3,(H,18,20)/t12-/m1/s1. The van der Waals surface area contributed by atoms with Gasteiger partial charge in [-0.1, -0.05) is 18.6 Å². The summed E-state index contributed by atoms with van der Waals surface area (Å²) in [6.45, 7) is 2.59. The average Bonchev–Trinajstić information content (AvgIpc) is 2.65. The molecule has 0 unspecified atom stereocenters. The summed E-state index contributed by atoms with van der Waals surface area (Å²) in [6, 6.07) is 5.83. The lowest BCUT2D eigenvalue weighted by atomic mass is 10.1. The Labute approximate surface area is 124 Å². The number of likely N-dealkylation sites (tertiary alicyclic amines) is 1. The van der Waals surface area contributed by atoms with Gasteiger partial charge in [0.05, 0.1) is 12.6 Å². The Balaban J connectivity index is 1.88. The molecule has 0 spiro atoms. The average molecular weight is 292 g/mol. The first-order chi connectivity index (χ1) is 10.1. The van der Waals surface area contributed by atoms with E-state index in [2.05, 4.69) is 5.32 Å². The summed E-state index contributed by atoms with van der Waals surface area (Å²) in [7, 11) is 0. The molecule has 0 saturated carbocycles. The SMILES string of the molecule is C[C@@H](NC(=O)CN1CCCCCC1=O)c1ccc(F)cc1. The van der Waals surface area contributed by atoms with Crippen molar-refractivity contribution in [3.05, 3.63) is 35.6 Å². The molecule has 2 rings (SSSR count). The highest BCUT2D eigenvalue weighted by molar-refractivity contribution is 5.85. The maximum absolute atomic E-state index is 12.9. The molecule has 114 valence electrons. The van der Waals surface area contributed by atoms with Gasteiger partial charge in [-0.25, -0.2) is 4.39 Å². The molecular formula is C16H21FN2O2. The zero-order chi connectivity index (χ0) is 15.2. The fraction of sp³-hybridized carbons (Fsp3) is 0.500. The number of rotatable bonds is 4. The van der Waals surface area contributed by atoms with Gasteiger partial charge in [0, 0.05) is 13.0 Å². The van der Waals surface area contributed by atoms with E-state index in [0.29, 0.717) is 13.0 Å². The minimum Gasteiger partial charge on any atom is -0.348 e. The Morgan fingerprint density at radius 1 is 1.29 bits per heavy atom. The predicted octanol–water partition coefficient (Wildman–Crippen LogP) is 2.41. The molecule has 21 heavy (non-hydrogen) atoms. The van der Waals surface area contributed by atoms with E-state index in [4.69, 9.17) is 0 Å². The van der Waals surface area contributed by atoms with Crippen molar-refractivity contribution in [2.75, 3.05) is 13.1 Å². The molecular weight excluding hydrogens is 271 g/mol. The van der Waals surface area contributed by atoms with Crippen molar-refractivity contribution in [1.82, 2.24) is 10.2 Å². The lowest BCUT2D eigenvalue weighted by molar-refractivity contribution is -0.135. The van der Waals surface area contributed by atoms with Gasteiger partial charge in [-0.05, 0) is 37.5 Å². The Hall–Kier alpha value is -1.91. The highest BCUT2D eigenvalue weighted by Crippen LogP contribution is 2.14. The molecule has 1 aliphatic rings. The fourth-order valence-corrected chi connectivity index (χ4v) is 2.50. The van der Waals surface area contributed by atoms with Crippen LogP contribution in [0.2, 0.25) is 0 Å². The van der Waals surface area contributed by atoms with Crippen molar-refractivity contribution in [2.24, 2.45) is 0 Å². The fourth-order valence-electron chi connectivity index (χ4n) is 2.50. The van der Waals surface area contributed by atoms with E-state index < -0.39 is 0 Å². The van der Waals surface area contributed by atoms with Gasteiger partial charge in [0.2, 0.25) is 11.8 Å². The lowest BCUT2D eigenvalue weighted by Crippen LogP contribution is -2.41. The van der Waals surface area contributed by atoms with E-state index in [1.807, 2.05) is 6.92 Å². The molecule has 0 aromatic heterocycles. The number of carbonyl (C=O) groups excluding carboxylic acids is 2. The lowest BCUT2D eigenvalue weighted by Gasteiger charge is -2.21. The van der Waals surface area contributed by atoms with E-state index in [1.54, 1.807) is 17.0 Å². The topological polar surface area (TPSA) is 49.4 Å². The zero-order valence-corrected chi connectivity index (χ0v) is 12.3. The molecule has 1 aromatic rings. The van der Waals surface area contributed by atoms with Crippen LogP contribution >= 0.6 is 0 Å². The first kappa shape index (κ1) is 15.5. The summed E-state index contributed by atoms with van der Waals surface area (Å²) in [6.07, 6.45) is 3.42. The van der Waals surface area contributed by atoms with Gasteiger partial charge in [0.1, 0.15) is 5.82 Å². The summed E-state index contributed by atoms with van der Waals surface area (Å²) < 4.78 is 12.9. The quantitative estimate of drug-likeness (QED) is 0.926. The van der Waals surface area contributed by atoms with Crippen LogP contribution in [0.4, 0.5) is 4.39 Å². The minimum atomic E-state index is -0.299. The van der Waals surface area contributed by atoms with Crippen LogP contribution in [0.25, 0.3) is 0 Å². The third kappa shape index (κ3) is 4.55. The van der Waals surface area contributed by atoms with Crippen molar-refractivity contribution in [1.29, 1.82) is 0 Å². The number of nitrogens with zero attached hydrogens (tertiary/aromatic N) is 1. The van der Waals surface area contributed by atoms with E-state index in [1.165, 1.54) is 12.1 Å². The van der Waals surface area contributed by atoms with Gasteiger partial charge in [0.25, 0.3) is 0 Å². The molecule has 1 atom stereocenters. The third-order valence-corrected chi connectivity index (χ3v) is 3.75. The summed E-state index contributed by atoms with van der Waals surface area (Å²) in [5, 5.41) is 2.85. The molecule has 1 fully saturated rings. The van der Waals surface area contributed by atoms with Gasteiger partial charge in [-0.3, -0.25) is 9.59 Å². The Kier molecular flexibility index (Phi) is 5.31. The molecule has 5 heteroatoms. The Morgan fingerprint density at radius 3 is 2.71 bits per heavy atom. The summed E-state index contributed by atoms with van der Waals surface area (Å²) in [5.41, 5.74) is 0.840. The van der Waals surface area contributed by atoms with Crippen LogP contribution in [0.3, 0.4) is 0 Å². The highest BCUT2D eigenvalue weighted by atomic mass is 19.1. The summed E-state index contributed by atoms with van der Waals surface area (Å²) in [5.74, 6) is -0.424. The molecule has 0 bridgehead atoms. The molecule has 1 saturated heterocycles. The number of halogens is 1. The van der Waals surface area contributed by atoms with Gasteiger partial charge >= 0.3 is 0 Å². The minimum absolute atomic E-state index is 0.0529. The molecule has 0 radical (unpaired) electrons. The van der Waals surface area contributed by atoms with Crippen molar-refractivity contribution in [3.63, 3.8) is 0 Å². The van der Waals surface area contributed by atoms with Crippen LogP contribution in [0, 0.1) is 5.82 Å².